The Morgan fingerprint density at radius 1 is 1.39 bits per heavy atom. The van der Waals surface area contributed by atoms with E-state index in [0.29, 0.717) is 6.54 Å². The Kier molecular flexibility index (Phi) is 4.98. The van der Waals surface area contributed by atoms with Crippen LogP contribution in [0.15, 0.2) is 12.1 Å². The van der Waals surface area contributed by atoms with E-state index in [2.05, 4.69) is 17.5 Å². The molecule has 1 unspecified atom stereocenters. The molecule has 0 amide bonds. The molecule has 100 valence electrons. The zero-order chi connectivity index (χ0) is 13.9. The smallest absolute Gasteiger partial charge is 0.182 e. The highest BCUT2D eigenvalue weighted by molar-refractivity contribution is 7.80. The van der Waals surface area contributed by atoms with Crippen molar-refractivity contribution in [3.05, 3.63) is 29.3 Å². The first kappa shape index (κ1) is 14.8. The Balaban J connectivity index is 2.86. The Morgan fingerprint density at radius 2 is 2.00 bits per heavy atom. The first-order valence-electron chi connectivity index (χ1n) is 5.52. The van der Waals surface area contributed by atoms with Crippen LogP contribution in [0.25, 0.3) is 0 Å². The van der Waals surface area contributed by atoms with Gasteiger partial charge in [-0.1, -0.05) is 12.2 Å². The molecular formula is C12H17F2N3S. The summed E-state index contributed by atoms with van der Waals surface area (Å²) in [6.45, 7) is 2.49. The van der Waals surface area contributed by atoms with E-state index in [1.54, 1.807) is 0 Å². The second-order valence-electron chi connectivity index (χ2n) is 4.35. The standard InChI is InChI=1S/C12H17F2N3S/c1-7(17(2)3)6-16-9-5-4-8(12(15)18)10(13)11(9)14/h4-5,7,16H,6H2,1-3H3,(H2,15,18). The number of halogens is 2. The molecule has 6 heteroatoms. The molecule has 3 N–H and O–H groups in total. The van der Waals surface area contributed by atoms with Crippen LogP contribution in [-0.4, -0.2) is 36.6 Å². The van der Waals surface area contributed by atoms with E-state index in [0.717, 1.165) is 0 Å². The minimum Gasteiger partial charge on any atom is -0.389 e. The lowest BCUT2D eigenvalue weighted by Gasteiger charge is -2.21. The molecule has 0 radical (unpaired) electrons. The topological polar surface area (TPSA) is 41.3 Å². The molecule has 0 saturated heterocycles. The molecule has 0 bridgehead atoms. The van der Waals surface area contributed by atoms with Crippen molar-refractivity contribution in [2.45, 2.75) is 13.0 Å². The highest BCUT2D eigenvalue weighted by Gasteiger charge is 2.15. The zero-order valence-corrected chi connectivity index (χ0v) is 11.4. The number of nitrogens with one attached hydrogen (secondary N) is 1. The van der Waals surface area contributed by atoms with Crippen LogP contribution in [0.2, 0.25) is 0 Å². The highest BCUT2D eigenvalue weighted by atomic mass is 32.1. The largest absolute Gasteiger partial charge is 0.389 e. The summed E-state index contributed by atoms with van der Waals surface area (Å²) in [7, 11) is 3.83. The fourth-order valence-electron chi connectivity index (χ4n) is 1.32. The molecule has 0 saturated carbocycles. The lowest BCUT2D eigenvalue weighted by molar-refractivity contribution is 0.326. The van der Waals surface area contributed by atoms with Gasteiger partial charge < -0.3 is 16.0 Å². The van der Waals surface area contributed by atoms with E-state index in [9.17, 15) is 8.78 Å². The Labute approximate surface area is 111 Å². The second kappa shape index (κ2) is 6.06. The number of nitrogens with zero attached hydrogens (tertiary/aromatic N) is 1. The van der Waals surface area contributed by atoms with E-state index >= 15 is 0 Å². The van der Waals surface area contributed by atoms with E-state index in [4.69, 9.17) is 5.73 Å². The van der Waals surface area contributed by atoms with Gasteiger partial charge in [-0.2, -0.15) is 0 Å². The first-order chi connectivity index (χ1) is 8.34. The van der Waals surface area contributed by atoms with Crippen molar-refractivity contribution in [1.82, 2.24) is 4.90 Å². The van der Waals surface area contributed by atoms with Crippen molar-refractivity contribution in [1.29, 1.82) is 0 Å². The lowest BCUT2D eigenvalue weighted by Crippen LogP contribution is -2.31. The molecule has 0 aromatic heterocycles. The Bertz CT molecular complexity index is 449. The molecule has 0 aliphatic heterocycles. The van der Waals surface area contributed by atoms with Crippen LogP contribution in [0.1, 0.15) is 12.5 Å². The SMILES string of the molecule is CC(CNc1ccc(C(N)=S)c(F)c1F)N(C)C. The van der Waals surface area contributed by atoms with Gasteiger partial charge in [-0.3, -0.25) is 0 Å². The van der Waals surface area contributed by atoms with Gasteiger partial charge in [-0.25, -0.2) is 8.78 Å². The lowest BCUT2D eigenvalue weighted by atomic mass is 10.1. The minimum absolute atomic E-state index is 0.0753. The van der Waals surface area contributed by atoms with Gasteiger partial charge in [0, 0.05) is 18.2 Å². The van der Waals surface area contributed by atoms with Crippen molar-refractivity contribution < 1.29 is 8.78 Å². The van der Waals surface area contributed by atoms with Crippen molar-refractivity contribution in [3.8, 4) is 0 Å². The van der Waals surface area contributed by atoms with Gasteiger partial charge >= 0.3 is 0 Å². The molecule has 0 spiro atoms. The number of hydrogen-bond donors (Lipinski definition) is 2. The predicted octanol–water partition coefficient (Wildman–Crippen LogP) is 1.96. The average molecular weight is 273 g/mol. The number of thiocarbonyl (C=S) groups is 1. The number of anilines is 1. The minimum atomic E-state index is -1.01. The van der Waals surface area contributed by atoms with Crippen LogP contribution in [0.3, 0.4) is 0 Å². The van der Waals surface area contributed by atoms with Crippen LogP contribution in [0.5, 0.6) is 0 Å². The van der Waals surface area contributed by atoms with Crippen molar-refractivity contribution >= 4 is 22.9 Å². The van der Waals surface area contributed by atoms with Gasteiger partial charge in [0.2, 0.25) is 0 Å². The maximum absolute atomic E-state index is 13.7. The van der Waals surface area contributed by atoms with Crippen LogP contribution in [-0.2, 0) is 0 Å². The third-order valence-electron chi connectivity index (χ3n) is 2.82. The zero-order valence-electron chi connectivity index (χ0n) is 10.6. The summed E-state index contributed by atoms with van der Waals surface area (Å²) in [6.07, 6.45) is 0. The van der Waals surface area contributed by atoms with Gasteiger partial charge in [0.05, 0.1) is 5.69 Å². The molecular weight excluding hydrogens is 256 g/mol. The van der Waals surface area contributed by atoms with Gasteiger partial charge in [0.25, 0.3) is 0 Å². The summed E-state index contributed by atoms with van der Waals surface area (Å²) in [5.41, 5.74) is 5.33. The van der Waals surface area contributed by atoms with Crippen LogP contribution in [0, 0.1) is 11.6 Å². The monoisotopic (exact) mass is 273 g/mol. The van der Waals surface area contributed by atoms with E-state index in [-0.39, 0.29) is 22.3 Å². The van der Waals surface area contributed by atoms with E-state index < -0.39 is 11.6 Å². The van der Waals surface area contributed by atoms with Gasteiger partial charge in [0.15, 0.2) is 11.6 Å². The summed E-state index contributed by atoms with van der Waals surface area (Å²) < 4.78 is 27.3. The van der Waals surface area contributed by atoms with E-state index in [1.807, 2.05) is 25.9 Å². The summed E-state index contributed by atoms with van der Waals surface area (Å²) in [5, 5.41) is 2.86. The van der Waals surface area contributed by atoms with Crippen molar-refractivity contribution in [3.63, 3.8) is 0 Å². The van der Waals surface area contributed by atoms with Crippen LogP contribution >= 0.6 is 12.2 Å². The summed E-state index contributed by atoms with van der Waals surface area (Å²) >= 11 is 4.64. The van der Waals surface area contributed by atoms with Gasteiger partial charge in [0.1, 0.15) is 4.99 Å². The van der Waals surface area contributed by atoms with Crippen molar-refractivity contribution in [2.24, 2.45) is 5.73 Å². The van der Waals surface area contributed by atoms with E-state index in [1.165, 1.54) is 12.1 Å². The molecule has 0 heterocycles. The molecule has 1 atom stereocenters. The molecule has 1 aromatic carbocycles. The first-order valence-corrected chi connectivity index (χ1v) is 5.93. The fraction of sp³-hybridized carbons (Fsp3) is 0.417. The number of rotatable bonds is 5. The summed E-state index contributed by atoms with van der Waals surface area (Å²) in [4.78, 5) is 1.82. The normalized spacial score (nSPS) is 12.6. The average Bonchev–Trinajstić information content (AvgIpc) is 2.30. The Morgan fingerprint density at radius 3 is 2.50 bits per heavy atom. The molecule has 18 heavy (non-hydrogen) atoms. The summed E-state index contributed by atoms with van der Waals surface area (Å²) in [6, 6.07) is 3.02. The quantitative estimate of drug-likeness (QED) is 0.805. The third-order valence-corrected chi connectivity index (χ3v) is 3.04. The number of nitrogens with two attached hydrogens (primary N) is 1. The molecule has 0 aliphatic rings. The number of benzene rings is 1. The highest BCUT2D eigenvalue weighted by Crippen LogP contribution is 2.20. The fourth-order valence-corrected chi connectivity index (χ4v) is 1.47. The van der Waals surface area contributed by atoms with Gasteiger partial charge in [-0.05, 0) is 33.2 Å². The van der Waals surface area contributed by atoms with Crippen LogP contribution in [0.4, 0.5) is 14.5 Å². The maximum atomic E-state index is 13.7. The Hall–Kier alpha value is -1.27. The molecule has 1 rings (SSSR count). The molecule has 0 aliphatic carbocycles. The predicted molar refractivity (Wildman–Crippen MR) is 73.9 cm³/mol. The van der Waals surface area contributed by atoms with Gasteiger partial charge in [-0.15, -0.1) is 0 Å². The number of hydrogen-bond acceptors (Lipinski definition) is 3. The maximum Gasteiger partial charge on any atom is 0.182 e. The summed E-state index contributed by atoms with van der Waals surface area (Å²) in [5.74, 6) is -1.96. The number of likely N-dealkylation sites (N-methyl/N-ethyl adjacent to an activating group) is 1. The van der Waals surface area contributed by atoms with Crippen molar-refractivity contribution in [2.75, 3.05) is 26.0 Å². The van der Waals surface area contributed by atoms with Crippen LogP contribution < -0.4 is 11.1 Å². The molecule has 0 fully saturated rings. The molecule has 1 aromatic rings. The third kappa shape index (κ3) is 3.36. The molecule has 3 nitrogen and oxygen atoms in total. The second-order valence-corrected chi connectivity index (χ2v) is 4.79.